The van der Waals surface area contributed by atoms with Crippen molar-refractivity contribution in [3.63, 3.8) is 0 Å². The van der Waals surface area contributed by atoms with Crippen LogP contribution < -0.4 is 0 Å². The van der Waals surface area contributed by atoms with E-state index in [1.165, 1.54) is 6.08 Å². The summed E-state index contributed by atoms with van der Waals surface area (Å²) in [6.45, 7) is 6.52. The fourth-order valence-electron chi connectivity index (χ4n) is 0.175. The smallest absolute Gasteiger partial charge is 0.129 e. The van der Waals surface area contributed by atoms with Crippen LogP contribution in [0, 0.1) is 0 Å². The molecule has 0 N–H and O–H groups in total. The van der Waals surface area contributed by atoms with Gasteiger partial charge in [-0.15, -0.1) is 0 Å². The lowest BCUT2D eigenvalue weighted by molar-refractivity contribution is 1.54. The molecule has 0 aliphatic carbocycles. The molecule has 0 heterocycles. The molecule has 8 heavy (non-hydrogen) atoms. The van der Waals surface area contributed by atoms with Gasteiger partial charge in [-0.3, -0.25) is 4.99 Å². The topological polar surface area (TPSA) is 12.4 Å². The fourth-order valence-corrected chi connectivity index (χ4v) is 0.466. The SMILES string of the molecule is C=N/C(Cl)=C\C(=C)Cl. The predicted molar refractivity (Wildman–Crippen MR) is 38.5 cm³/mol. The molecular formula is C5H5Cl2N. The first kappa shape index (κ1) is 7.73. The third-order valence-electron chi connectivity index (χ3n) is 0.427. The molecule has 0 rings (SSSR count). The van der Waals surface area contributed by atoms with Crippen LogP contribution in [0.4, 0.5) is 0 Å². The normalized spacial score (nSPS) is 11.0. The first-order chi connectivity index (χ1) is 3.66. The van der Waals surface area contributed by atoms with E-state index >= 15 is 0 Å². The Bertz CT molecular complexity index is 137. The monoisotopic (exact) mass is 149 g/mol. The first-order valence-electron chi connectivity index (χ1n) is 1.85. The molecule has 0 amide bonds. The number of rotatable bonds is 2. The largest absolute Gasteiger partial charge is 0.252 e. The lowest BCUT2D eigenvalue weighted by Crippen LogP contribution is -1.61. The Morgan fingerprint density at radius 2 is 2.00 bits per heavy atom. The molecule has 0 unspecified atom stereocenters. The lowest BCUT2D eigenvalue weighted by atomic mass is 10.6. The van der Waals surface area contributed by atoms with Crippen LogP contribution in [-0.4, -0.2) is 6.72 Å². The van der Waals surface area contributed by atoms with Gasteiger partial charge < -0.3 is 0 Å². The molecule has 3 heteroatoms. The number of allylic oxidation sites excluding steroid dienone is 2. The molecule has 0 saturated heterocycles. The summed E-state index contributed by atoms with van der Waals surface area (Å²) >= 11 is 10.7. The van der Waals surface area contributed by atoms with Gasteiger partial charge in [0.1, 0.15) is 5.16 Å². The second-order valence-corrected chi connectivity index (χ2v) is 1.94. The number of hydrogen-bond acceptors (Lipinski definition) is 1. The van der Waals surface area contributed by atoms with Gasteiger partial charge in [0.25, 0.3) is 0 Å². The highest BCUT2D eigenvalue weighted by Gasteiger charge is 1.83. The van der Waals surface area contributed by atoms with E-state index in [9.17, 15) is 0 Å². The molecule has 0 aromatic carbocycles. The number of halogens is 2. The molecule has 0 spiro atoms. The Labute approximate surface area is 58.3 Å². The van der Waals surface area contributed by atoms with E-state index in [-0.39, 0.29) is 5.16 Å². The van der Waals surface area contributed by atoms with E-state index in [1.54, 1.807) is 0 Å². The van der Waals surface area contributed by atoms with Crippen molar-refractivity contribution in [3.8, 4) is 0 Å². The molecule has 0 aromatic heterocycles. The molecule has 0 aliphatic heterocycles. The summed E-state index contributed by atoms with van der Waals surface area (Å²) in [4.78, 5) is 3.36. The summed E-state index contributed by atoms with van der Waals surface area (Å²) in [5.41, 5.74) is 0. The zero-order chi connectivity index (χ0) is 6.57. The number of nitrogens with zero attached hydrogens (tertiary/aromatic N) is 1. The molecule has 1 nitrogen and oxygen atoms in total. The Hall–Kier alpha value is -0.270. The van der Waals surface area contributed by atoms with Crippen LogP contribution in [-0.2, 0) is 0 Å². The average molecular weight is 150 g/mol. The average Bonchev–Trinajstić information content (AvgIpc) is 1.65. The fraction of sp³-hybridized carbons (Fsp3) is 0. The second-order valence-electron chi connectivity index (χ2n) is 1.07. The predicted octanol–water partition coefficient (Wildman–Crippen LogP) is 2.52. The summed E-state index contributed by atoms with van der Waals surface area (Å²) in [7, 11) is 0. The van der Waals surface area contributed by atoms with Crippen molar-refractivity contribution >= 4 is 29.9 Å². The highest BCUT2D eigenvalue weighted by Crippen LogP contribution is 2.07. The molecular weight excluding hydrogens is 145 g/mol. The minimum Gasteiger partial charge on any atom is -0.252 e. The number of hydrogen-bond donors (Lipinski definition) is 0. The van der Waals surface area contributed by atoms with Gasteiger partial charge in [-0.25, -0.2) is 0 Å². The summed E-state index contributed by atoms with van der Waals surface area (Å²) in [5, 5.41) is 0.604. The Balaban J connectivity index is 3.94. The van der Waals surface area contributed by atoms with Crippen molar-refractivity contribution < 1.29 is 0 Å². The maximum Gasteiger partial charge on any atom is 0.129 e. The summed E-state index contributed by atoms with van der Waals surface area (Å²) in [6.07, 6.45) is 1.41. The molecule has 0 aliphatic rings. The Morgan fingerprint density at radius 3 is 2.12 bits per heavy atom. The van der Waals surface area contributed by atoms with Crippen molar-refractivity contribution in [2.24, 2.45) is 4.99 Å². The van der Waals surface area contributed by atoms with Crippen LogP contribution >= 0.6 is 23.2 Å². The number of aliphatic imine (C=N–C) groups is 1. The zero-order valence-corrected chi connectivity index (χ0v) is 5.71. The minimum absolute atomic E-state index is 0.255. The van der Waals surface area contributed by atoms with Crippen molar-refractivity contribution in [1.82, 2.24) is 0 Å². The van der Waals surface area contributed by atoms with E-state index in [1.807, 2.05) is 0 Å². The lowest BCUT2D eigenvalue weighted by Gasteiger charge is -1.82. The quantitative estimate of drug-likeness (QED) is 0.325. The third kappa shape index (κ3) is 3.90. The maximum atomic E-state index is 5.35. The van der Waals surface area contributed by atoms with Gasteiger partial charge in [-0.05, 0) is 12.8 Å². The van der Waals surface area contributed by atoms with Crippen LogP contribution in [0.5, 0.6) is 0 Å². The van der Waals surface area contributed by atoms with Gasteiger partial charge >= 0.3 is 0 Å². The maximum absolute atomic E-state index is 5.35. The van der Waals surface area contributed by atoms with Gasteiger partial charge in [-0.2, -0.15) is 0 Å². The van der Waals surface area contributed by atoms with E-state index in [4.69, 9.17) is 23.2 Å². The van der Waals surface area contributed by atoms with Crippen molar-refractivity contribution in [3.05, 3.63) is 22.8 Å². The second kappa shape index (κ2) is 3.70. The zero-order valence-electron chi connectivity index (χ0n) is 4.19. The van der Waals surface area contributed by atoms with Crippen LogP contribution in [0.25, 0.3) is 0 Å². The summed E-state index contributed by atoms with van der Waals surface area (Å²) in [5.74, 6) is 0. The molecule has 0 radical (unpaired) electrons. The minimum atomic E-state index is 0.255. The van der Waals surface area contributed by atoms with E-state index < -0.39 is 0 Å². The molecule has 0 aromatic rings. The highest BCUT2D eigenvalue weighted by atomic mass is 35.5. The molecule has 0 saturated carbocycles. The third-order valence-corrected chi connectivity index (χ3v) is 0.765. The van der Waals surface area contributed by atoms with E-state index in [2.05, 4.69) is 18.3 Å². The van der Waals surface area contributed by atoms with Crippen molar-refractivity contribution in [1.29, 1.82) is 0 Å². The van der Waals surface area contributed by atoms with Crippen LogP contribution in [0.3, 0.4) is 0 Å². The Kier molecular flexibility index (Phi) is 3.57. The summed E-state index contributed by atoms with van der Waals surface area (Å²) in [6, 6.07) is 0. The van der Waals surface area contributed by atoms with Gasteiger partial charge in [0.05, 0.1) is 0 Å². The van der Waals surface area contributed by atoms with Gasteiger partial charge in [0.15, 0.2) is 0 Å². The van der Waals surface area contributed by atoms with E-state index in [0.29, 0.717) is 5.03 Å². The van der Waals surface area contributed by atoms with Crippen molar-refractivity contribution in [2.45, 2.75) is 0 Å². The van der Waals surface area contributed by atoms with E-state index in [0.717, 1.165) is 0 Å². The molecule has 0 fully saturated rings. The molecule has 0 atom stereocenters. The first-order valence-corrected chi connectivity index (χ1v) is 2.60. The van der Waals surface area contributed by atoms with Gasteiger partial charge in [0.2, 0.25) is 0 Å². The van der Waals surface area contributed by atoms with Crippen LogP contribution in [0.15, 0.2) is 27.8 Å². The van der Waals surface area contributed by atoms with Gasteiger partial charge in [0, 0.05) is 5.03 Å². The van der Waals surface area contributed by atoms with Crippen LogP contribution in [0.1, 0.15) is 0 Å². The molecule has 0 bridgehead atoms. The highest BCUT2D eigenvalue weighted by molar-refractivity contribution is 6.34. The van der Waals surface area contributed by atoms with Crippen molar-refractivity contribution in [2.75, 3.05) is 0 Å². The molecule has 44 valence electrons. The summed E-state index contributed by atoms with van der Waals surface area (Å²) < 4.78 is 0. The Morgan fingerprint density at radius 1 is 1.50 bits per heavy atom. The van der Waals surface area contributed by atoms with Crippen LogP contribution in [0.2, 0.25) is 0 Å². The van der Waals surface area contributed by atoms with Gasteiger partial charge in [-0.1, -0.05) is 29.8 Å². The standard InChI is InChI=1S/C5H5Cl2N/c1-4(6)3-5(7)8-2/h3H,1-2H2/b5-3-.